The molecule has 0 spiro atoms. The monoisotopic (exact) mass is 581 g/mol. The molecule has 3 aromatic carbocycles. The van der Waals surface area contributed by atoms with E-state index in [-0.39, 0.29) is 17.4 Å². The number of hydrazone groups is 1. The highest BCUT2D eigenvalue weighted by Gasteiger charge is 2.17. The number of hydrogen-bond acceptors (Lipinski definition) is 8. The number of aromatic nitrogens is 3. The SMILES string of the molecule is CCOc1ccc(-n2c(SCC(=O)N/N=C\c3cc(Br)c(O)c(OC)c3)nnc2-c2ccccc2)cc1. The second-order valence-electron chi connectivity index (χ2n) is 7.57. The molecule has 0 saturated heterocycles. The van der Waals surface area contributed by atoms with Crippen LogP contribution in [-0.2, 0) is 4.79 Å². The Balaban J connectivity index is 1.49. The number of ether oxygens (including phenoxy) is 2. The first-order valence-corrected chi connectivity index (χ1v) is 13.0. The van der Waals surface area contributed by atoms with Crippen LogP contribution in [0.4, 0.5) is 0 Å². The Morgan fingerprint density at radius 3 is 2.62 bits per heavy atom. The number of carbonyl (C=O) groups is 1. The summed E-state index contributed by atoms with van der Waals surface area (Å²) < 4.78 is 13.1. The molecule has 0 saturated carbocycles. The van der Waals surface area contributed by atoms with Crippen molar-refractivity contribution in [3.63, 3.8) is 0 Å². The van der Waals surface area contributed by atoms with Crippen LogP contribution in [0.1, 0.15) is 12.5 Å². The average Bonchev–Trinajstić information content (AvgIpc) is 3.34. The van der Waals surface area contributed by atoms with E-state index >= 15 is 0 Å². The standard InChI is InChI=1S/C26H24BrN5O4S/c1-3-36-20-11-9-19(10-12-20)32-25(18-7-5-4-6-8-18)30-31-26(32)37-16-23(33)29-28-15-17-13-21(27)24(34)22(14-17)35-2/h4-15,34H,3,16H2,1-2H3,(H,29,33)/b28-15-. The van der Waals surface area contributed by atoms with Crippen molar-refractivity contribution in [2.75, 3.05) is 19.5 Å². The number of phenols is 1. The minimum atomic E-state index is -0.312. The maximum Gasteiger partial charge on any atom is 0.250 e. The van der Waals surface area contributed by atoms with Crippen molar-refractivity contribution in [2.24, 2.45) is 5.10 Å². The van der Waals surface area contributed by atoms with Crippen LogP contribution in [0.25, 0.3) is 17.1 Å². The number of hydrogen-bond donors (Lipinski definition) is 2. The highest BCUT2D eigenvalue weighted by atomic mass is 79.9. The Kier molecular flexibility index (Phi) is 8.81. The summed E-state index contributed by atoms with van der Waals surface area (Å²) >= 11 is 4.51. The highest BCUT2D eigenvalue weighted by Crippen LogP contribution is 2.34. The number of aromatic hydroxyl groups is 1. The van der Waals surface area contributed by atoms with Gasteiger partial charge >= 0.3 is 0 Å². The van der Waals surface area contributed by atoms with Crippen molar-refractivity contribution in [3.05, 3.63) is 76.8 Å². The molecule has 11 heteroatoms. The van der Waals surface area contributed by atoms with Crippen molar-refractivity contribution >= 4 is 39.8 Å². The fourth-order valence-corrected chi connectivity index (χ4v) is 4.60. The summed E-state index contributed by atoms with van der Waals surface area (Å²) in [5.74, 6) is 1.48. The number of methoxy groups -OCH3 is 1. The molecule has 0 radical (unpaired) electrons. The first kappa shape index (κ1) is 26.2. The van der Waals surface area contributed by atoms with Gasteiger partial charge in [-0.15, -0.1) is 10.2 Å². The Morgan fingerprint density at radius 1 is 1.16 bits per heavy atom. The predicted octanol–water partition coefficient (Wildman–Crippen LogP) is 5.05. The lowest BCUT2D eigenvalue weighted by atomic mass is 10.2. The lowest BCUT2D eigenvalue weighted by Gasteiger charge is -2.11. The first-order valence-electron chi connectivity index (χ1n) is 11.3. The largest absolute Gasteiger partial charge is 0.503 e. The molecule has 1 heterocycles. The third-order valence-electron chi connectivity index (χ3n) is 5.08. The number of benzene rings is 3. The van der Waals surface area contributed by atoms with Crippen LogP contribution in [0.5, 0.6) is 17.2 Å². The van der Waals surface area contributed by atoms with Gasteiger partial charge in [0.1, 0.15) is 5.75 Å². The number of rotatable bonds is 10. The van der Waals surface area contributed by atoms with E-state index < -0.39 is 0 Å². The van der Waals surface area contributed by atoms with E-state index in [2.05, 4.69) is 36.7 Å². The summed E-state index contributed by atoms with van der Waals surface area (Å²) in [6.07, 6.45) is 1.46. The number of halogens is 1. The molecule has 4 aromatic rings. The maximum atomic E-state index is 12.5. The van der Waals surface area contributed by atoms with Gasteiger partial charge in [-0.25, -0.2) is 5.43 Å². The number of phenolic OH excluding ortho intramolecular Hbond substituents is 1. The van der Waals surface area contributed by atoms with E-state index in [0.717, 1.165) is 17.0 Å². The number of nitrogens with zero attached hydrogens (tertiary/aromatic N) is 4. The second-order valence-corrected chi connectivity index (χ2v) is 9.37. The van der Waals surface area contributed by atoms with Gasteiger partial charge in [0.25, 0.3) is 5.91 Å². The van der Waals surface area contributed by atoms with Crippen LogP contribution >= 0.6 is 27.7 Å². The molecule has 0 aliphatic carbocycles. The molecular formula is C26H24BrN5O4S. The van der Waals surface area contributed by atoms with E-state index in [1.165, 1.54) is 25.1 Å². The molecule has 1 aromatic heterocycles. The number of thioether (sulfide) groups is 1. The molecule has 4 rings (SSSR count). The van der Waals surface area contributed by atoms with Gasteiger partial charge in [0, 0.05) is 11.3 Å². The number of amides is 1. The molecule has 190 valence electrons. The third-order valence-corrected chi connectivity index (χ3v) is 6.61. The van der Waals surface area contributed by atoms with E-state index in [1.807, 2.05) is 66.1 Å². The Labute approximate surface area is 226 Å². The topological polar surface area (TPSA) is 111 Å². The normalized spacial score (nSPS) is 11.0. The number of carbonyl (C=O) groups excluding carboxylic acids is 1. The zero-order valence-corrected chi connectivity index (χ0v) is 22.5. The molecule has 0 fully saturated rings. The molecule has 0 bridgehead atoms. The first-order chi connectivity index (χ1) is 18.0. The van der Waals surface area contributed by atoms with Gasteiger partial charge in [-0.1, -0.05) is 42.1 Å². The van der Waals surface area contributed by atoms with Crippen LogP contribution in [0.2, 0.25) is 0 Å². The van der Waals surface area contributed by atoms with Gasteiger partial charge in [-0.2, -0.15) is 5.10 Å². The second kappa shape index (κ2) is 12.4. The zero-order valence-electron chi connectivity index (χ0n) is 20.1. The third kappa shape index (κ3) is 6.49. The molecule has 0 unspecified atom stereocenters. The number of nitrogens with one attached hydrogen (secondary N) is 1. The van der Waals surface area contributed by atoms with Crippen molar-refractivity contribution < 1.29 is 19.4 Å². The van der Waals surface area contributed by atoms with Gasteiger partial charge in [-0.3, -0.25) is 9.36 Å². The highest BCUT2D eigenvalue weighted by molar-refractivity contribution is 9.10. The van der Waals surface area contributed by atoms with Crippen LogP contribution in [0, 0.1) is 0 Å². The maximum absolute atomic E-state index is 12.5. The summed E-state index contributed by atoms with van der Waals surface area (Å²) in [5, 5.41) is 23.2. The van der Waals surface area contributed by atoms with Crippen LogP contribution in [0.15, 0.2) is 81.5 Å². The van der Waals surface area contributed by atoms with Crippen LogP contribution in [-0.4, -0.2) is 51.5 Å². The molecule has 2 N–H and O–H groups in total. The molecule has 0 aliphatic heterocycles. The Bertz CT molecular complexity index is 1390. The quantitative estimate of drug-likeness (QED) is 0.153. The van der Waals surface area contributed by atoms with E-state index in [0.29, 0.717) is 33.4 Å². The van der Waals surface area contributed by atoms with Gasteiger partial charge < -0.3 is 14.6 Å². The molecule has 37 heavy (non-hydrogen) atoms. The summed E-state index contributed by atoms with van der Waals surface area (Å²) in [6, 6.07) is 20.6. The van der Waals surface area contributed by atoms with Gasteiger partial charge in [0.05, 0.1) is 30.2 Å². The summed E-state index contributed by atoms with van der Waals surface area (Å²) in [7, 11) is 1.46. The van der Waals surface area contributed by atoms with E-state index in [4.69, 9.17) is 9.47 Å². The summed E-state index contributed by atoms with van der Waals surface area (Å²) in [5.41, 5.74) is 4.90. The Morgan fingerprint density at radius 2 is 1.92 bits per heavy atom. The van der Waals surface area contributed by atoms with Gasteiger partial charge in [-0.05, 0) is 64.8 Å². The van der Waals surface area contributed by atoms with Crippen molar-refractivity contribution in [1.29, 1.82) is 0 Å². The van der Waals surface area contributed by atoms with E-state index in [9.17, 15) is 9.90 Å². The molecular weight excluding hydrogens is 558 g/mol. The summed E-state index contributed by atoms with van der Waals surface area (Å²) in [6.45, 7) is 2.52. The molecule has 1 amide bonds. The van der Waals surface area contributed by atoms with Crippen LogP contribution < -0.4 is 14.9 Å². The van der Waals surface area contributed by atoms with Gasteiger partial charge in [0.2, 0.25) is 0 Å². The minimum Gasteiger partial charge on any atom is -0.503 e. The fourth-order valence-electron chi connectivity index (χ4n) is 3.39. The fraction of sp³-hybridized carbons (Fsp3) is 0.154. The van der Waals surface area contributed by atoms with Crippen LogP contribution in [0.3, 0.4) is 0 Å². The molecule has 0 atom stereocenters. The van der Waals surface area contributed by atoms with Crippen molar-refractivity contribution in [2.45, 2.75) is 12.1 Å². The van der Waals surface area contributed by atoms with Gasteiger partial charge in [0.15, 0.2) is 22.5 Å². The Hall–Kier alpha value is -3.83. The zero-order chi connectivity index (χ0) is 26.2. The van der Waals surface area contributed by atoms with Crippen molar-refractivity contribution in [3.8, 4) is 34.3 Å². The van der Waals surface area contributed by atoms with Crippen molar-refractivity contribution in [1.82, 2.24) is 20.2 Å². The molecule has 9 nitrogen and oxygen atoms in total. The lowest BCUT2D eigenvalue weighted by Crippen LogP contribution is -2.20. The smallest absolute Gasteiger partial charge is 0.250 e. The minimum absolute atomic E-state index is 0.00778. The average molecular weight is 582 g/mol. The summed E-state index contributed by atoms with van der Waals surface area (Å²) in [4.78, 5) is 12.5. The predicted molar refractivity (Wildman–Crippen MR) is 147 cm³/mol. The van der Waals surface area contributed by atoms with E-state index in [1.54, 1.807) is 12.1 Å². The molecule has 0 aliphatic rings. The lowest BCUT2D eigenvalue weighted by molar-refractivity contribution is -0.118.